The van der Waals surface area contributed by atoms with E-state index in [1.807, 2.05) is 4.90 Å². The molecule has 1 saturated heterocycles. The monoisotopic (exact) mass is 305 g/mol. The minimum Gasteiger partial charge on any atom is -0.334 e. The summed E-state index contributed by atoms with van der Waals surface area (Å²) in [6.45, 7) is 0.735. The summed E-state index contributed by atoms with van der Waals surface area (Å²) in [5.41, 5.74) is 0.459. The Kier molecular flexibility index (Phi) is 4.77. The molecule has 0 saturated carbocycles. The Morgan fingerprint density at radius 3 is 2.83 bits per heavy atom. The lowest BCUT2D eigenvalue weighted by atomic mass is 10.0. The minimum atomic E-state index is -0.0761. The normalized spacial score (nSPS) is 19.9. The van der Waals surface area contributed by atoms with Crippen LogP contribution in [0.5, 0.6) is 0 Å². The third kappa shape index (κ3) is 2.76. The van der Waals surface area contributed by atoms with Gasteiger partial charge < -0.3 is 4.90 Å². The molecule has 2 nitrogen and oxygen atoms in total. The van der Waals surface area contributed by atoms with Crippen molar-refractivity contribution < 1.29 is 4.79 Å². The molecule has 0 radical (unpaired) electrons. The summed E-state index contributed by atoms with van der Waals surface area (Å²) < 4.78 is 0. The zero-order valence-corrected chi connectivity index (χ0v) is 12.1. The van der Waals surface area contributed by atoms with Crippen LogP contribution in [0.2, 0.25) is 10.0 Å². The van der Waals surface area contributed by atoms with Gasteiger partial charge in [0, 0.05) is 18.5 Å². The van der Waals surface area contributed by atoms with Crippen LogP contribution in [0.15, 0.2) is 18.2 Å². The summed E-state index contributed by atoms with van der Waals surface area (Å²) in [5.74, 6) is 0.386. The van der Waals surface area contributed by atoms with Gasteiger partial charge in [-0.1, -0.05) is 29.3 Å². The SMILES string of the molecule is O=C(c1cccc(Cl)c1Cl)N1CCCCC1CCl. The van der Waals surface area contributed by atoms with Gasteiger partial charge in [-0.2, -0.15) is 0 Å². The standard InChI is InChI=1S/C13H14Cl3NO/c14-8-9-4-1-2-7-17(9)13(18)10-5-3-6-11(15)12(10)16/h3,5-6,9H,1-2,4,7-8H2. The zero-order valence-electron chi connectivity index (χ0n) is 9.83. The molecule has 1 aliphatic heterocycles. The molecule has 18 heavy (non-hydrogen) atoms. The van der Waals surface area contributed by atoms with Gasteiger partial charge in [0.2, 0.25) is 0 Å². The first-order chi connectivity index (χ1) is 8.65. The summed E-state index contributed by atoms with van der Waals surface area (Å²) in [5, 5.41) is 0.727. The summed E-state index contributed by atoms with van der Waals surface area (Å²) in [6.07, 6.45) is 3.08. The molecular weight excluding hydrogens is 293 g/mol. The molecule has 1 aromatic rings. The third-order valence-electron chi connectivity index (χ3n) is 3.25. The topological polar surface area (TPSA) is 20.3 Å². The number of nitrogens with zero attached hydrogens (tertiary/aromatic N) is 1. The van der Waals surface area contributed by atoms with E-state index in [0.717, 1.165) is 25.8 Å². The van der Waals surface area contributed by atoms with Crippen LogP contribution in [0.1, 0.15) is 29.6 Å². The fourth-order valence-electron chi connectivity index (χ4n) is 2.25. The highest BCUT2D eigenvalue weighted by Gasteiger charge is 2.28. The fraction of sp³-hybridized carbons (Fsp3) is 0.462. The van der Waals surface area contributed by atoms with E-state index in [9.17, 15) is 4.79 Å². The molecule has 1 heterocycles. The molecule has 0 aromatic heterocycles. The molecule has 1 aliphatic rings. The second-order valence-electron chi connectivity index (χ2n) is 4.40. The number of alkyl halides is 1. The van der Waals surface area contributed by atoms with Crippen molar-refractivity contribution in [1.82, 2.24) is 4.90 Å². The minimum absolute atomic E-state index is 0.0761. The molecule has 1 amide bonds. The molecule has 1 aromatic carbocycles. The van der Waals surface area contributed by atoms with Crippen LogP contribution in [-0.4, -0.2) is 29.3 Å². The van der Waals surface area contributed by atoms with Crippen molar-refractivity contribution >= 4 is 40.7 Å². The quantitative estimate of drug-likeness (QED) is 0.749. The maximum atomic E-state index is 12.5. The number of hydrogen-bond acceptors (Lipinski definition) is 1. The average Bonchev–Trinajstić information content (AvgIpc) is 2.41. The predicted molar refractivity (Wildman–Crippen MR) is 75.9 cm³/mol. The van der Waals surface area contributed by atoms with E-state index in [0.29, 0.717) is 21.5 Å². The van der Waals surface area contributed by atoms with Gasteiger partial charge in [0.25, 0.3) is 5.91 Å². The molecule has 1 unspecified atom stereocenters. The smallest absolute Gasteiger partial charge is 0.255 e. The van der Waals surface area contributed by atoms with Crippen molar-refractivity contribution in [2.24, 2.45) is 0 Å². The van der Waals surface area contributed by atoms with E-state index in [1.165, 1.54) is 0 Å². The molecule has 0 aliphatic carbocycles. The summed E-state index contributed by atoms with van der Waals surface area (Å²) >= 11 is 17.9. The van der Waals surface area contributed by atoms with Crippen molar-refractivity contribution in [3.8, 4) is 0 Å². The number of carbonyl (C=O) groups is 1. The highest BCUT2D eigenvalue weighted by molar-refractivity contribution is 6.43. The first-order valence-electron chi connectivity index (χ1n) is 5.96. The highest BCUT2D eigenvalue weighted by atomic mass is 35.5. The van der Waals surface area contributed by atoms with E-state index in [4.69, 9.17) is 34.8 Å². The lowest BCUT2D eigenvalue weighted by Gasteiger charge is -2.34. The zero-order chi connectivity index (χ0) is 13.1. The van der Waals surface area contributed by atoms with Crippen LogP contribution in [0.3, 0.4) is 0 Å². The Bertz CT molecular complexity index is 450. The lowest BCUT2D eigenvalue weighted by molar-refractivity contribution is 0.0639. The second-order valence-corrected chi connectivity index (χ2v) is 5.50. The lowest BCUT2D eigenvalue weighted by Crippen LogP contribution is -2.44. The average molecular weight is 307 g/mol. The van der Waals surface area contributed by atoms with Gasteiger partial charge in [-0.25, -0.2) is 0 Å². The van der Waals surface area contributed by atoms with Gasteiger partial charge in [0.1, 0.15) is 0 Å². The van der Waals surface area contributed by atoms with Gasteiger partial charge in [-0.3, -0.25) is 4.79 Å². The number of likely N-dealkylation sites (tertiary alicyclic amines) is 1. The summed E-state index contributed by atoms with van der Waals surface area (Å²) in [7, 11) is 0. The van der Waals surface area contributed by atoms with Crippen LogP contribution in [-0.2, 0) is 0 Å². The van der Waals surface area contributed by atoms with Gasteiger partial charge in [0.05, 0.1) is 15.6 Å². The maximum absolute atomic E-state index is 12.5. The van der Waals surface area contributed by atoms with Crippen molar-refractivity contribution in [3.63, 3.8) is 0 Å². The molecule has 2 rings (SSSR count). The predicted octanol–water partition coefficient (Wildman–Crippen LogP) is 4.23. The van der Waals surface area contributed by atoms with Gasteiger partial charge in [-0.05, 0) is 31.4 Å². The largest absolute Gasteiger partial charge is 0.334 e. The van der Waals surface area contributed by atoms with Crippen molar-refractivity contribution in [2.75, 3.05) is 12.4 Å². The third-order valence-corrected chi connectivity index (χ3v) is 4.42. The second kappa shape index (κ2) is 6.14. The van der Waals surface area contributed by atoms with Crippen molar-refractivity contribution in [2.45, 2.75) is 25.3 Å². The van der Waals surface area contributed by atoms with E-state index >= 15 is 0 Å². The first-order valence-corrected chi connectivity index (χ1v) is 7.25. The molecular formula is C13H14Cl3NO. The van der Waals surface area contributed by atoms with Gasteiger partial charge >= 0.3 is 0 Å². The first kappa shape index (κ1) is 14.0. The summed E-state index contributed by atoms with van der Waals surface area (Å²) in [6, 6.07) is 5.22. The Labute approximate surface area is 122 Å². The number of piperidine rings is 1. The van der Waals surface area contributed by atoms with Crippen LogP contribution in [0, 0.1) is 0 Å². The fourth-order valence-corrected chi connectivity index (χ4v) is 2.95. The van der Waals surface area contributed by atoms with Gasteiger partial charge in [0.15, 0.2) is 0 Å². The number of halogens is 3. The number of hydrogen-bond donors (Lipinski definition) is 0. The van der Waals surface area contributed by atoms with Crippen LogP contribution in [0.4, 0.5) is 0 Å². The van der Waals surface area contributed by atoms with Crippen LogP contribution < -0.4 is 0 Å². The number of benzene rings is 1. The van der Waals surface area contributed by atoms with E-state index in [-0.39, 0.29) is 11.9 Å². The molecule has 0 N–H and O–H groups in total. The van der Waals surface area contributed by atoms with Gasteiger partial charge in [-0.15, -0.1) is 11.6 Å². The van der Waals surface area contributed by atoms with Crippen molar-refractivity contribution in [3.05, 3.63) is 33.8 Å². The maximum Gasteiger partial charge on any atom is 0.255 e. The Morgan fingerprint density at radius 2 is 2.11 bits per heavy atom. The van der Waals surface area contributed by atoms with E-state index < -0.39 is 0 Å². The van der Waals surface area contributed by atoms with E-state index in [1.54, 1.807) is 18.2 Å². The highest BCUT2D eigenvalue weighted by Crippen LogP contribution is 2.28. The molecule has 0 spiro atoms. The molecule has 1 fully saturated rings. The molecule has 98 valence electrons. The molecule has 0 bridgehead atoms. The Balaban J connectivity index is 2.27. The number of rotatable bonds is 2. The van der Waals surface area contributed by atoms with E-state index in [2.05, 4.69) is 0 Å². The van der Waals surface area contributed by atoms with Crippen molar-refractivity contribution in [1.29, 1.82) is 0 Å². The Hall–Kier alpha value is -0.440. The van der Waals surface area contributed by atoms with Crippen LogP contribution in [0.25, 0.3) is 0 Å². The molecule has 1 atom stereocenters. The number of amides is 1. The number of carbonyl (C=O) groups excluding carboxylic acids is 1. The molecule has 5 heteroatoms. The van der Waals surface area contributed by atoms with Crippen LogP contribution >= 0.6 is 34.8 Å². The Morgan fingerprint density at radius 1 is 1.33 bits per heavy atom. The summed E-state index contributed by atoms with van der Waals surface area (Å²) in [4.78, 5) is 14.3.